The lowest BCUT2D eigenvalue weighted by molar-refractivity contribution is -0.140. The zero-order valence-electron chi connectivity index (χ0n) is 11.4. The summed E-state index contributed by atoms with van der Waals surface area (Å²) in [4.78, 5) is 12.0. The van der Waals surface area contributed by atoms with Gasteiger partial charge < -0.3 is 9.88 Å². The van der Waals surface area contributed by atoms with Gasteiger partial charge in [0.1, 0.15) is 12.2 Å². The fourth-order valence-electron chi connectivity index (χ4n) is 1.95. The molecule has 0 saturated carbocycles. The number of nitrogens with one attached hydrogen (secondary N) is 2. The van der Waals surface area contributed by atoms with Gasteiger partial charge in [-0.05, 0) is 18.6 Å². The van der Waals surface area contributed by atoms with Crippen LogP contribution >= 0.6 is 0 Å². The third-order valence-electron chi connectivity index (χ3n) is 2.80. The molecule has 2 aromatic rings. The van der Waals surface area contributed by atoms with Gasteiger partial charge in [0, 0.05) is 18.0 Å². The molecule has 114 valence electrons. The van der Waals surface area contributed by atoms with E-state index in [-0.39, 0.29) is 5.69 Å². The van der Waals surface area contributed by atoms with Crippen LogP contribution in [0.15, 0.2) is 24.4 Å². The van der Waals surface area contributed by atoms with Crippen molar-refractivity contribution in [1.82, 2.24) is 14.8 Å². The van der Waals surface area contributed by atoms with Crippen molar-refractivity contribution in [1.29, 1.82) is 0 Å². The number of aromatic nitrogens is 3. The van der Waals surface area contributed by atoms with Crippen molar-refractivity contribution in [3.05, 3.63) is 35.8 Å². The van der Waals surface area contributed by atoms with Gasteiger partial charge in [-0.2, -0.15) is 18.3 Å². The van der Waals surface area contributed by atoms with Crippen LogP contribution in [0.1, 0.15) is 29.5 Å². The van der Waals surface area contributed by atoms with Crippen molar-refractivity contribution < 1.29 is 18.0 Å². The number of rotatable bonds is 5. The largest absolute Gasteiger partial charge is 0.406 e. The molecule has 8 heteroatoms. The molecule has 0 unspecified atom stereocenters. The molecule has 0 fully saturated rings. The van der Waals surface area contributed by atoms with E-state index in [2.05, 4.69) is 15.5 Å². The van der Waals surface area contributed by atoms with Crippen molar-refractivity contribution in [3.63, 3.8) is 0 Å². The number of amides is 1. The van der Waals surface area contributed by atoms with Crippen molar-refractivity contribution >= 4 is 11.7 Å². The normalized spacial score (nSPS) is 11.6. The topological polar surface area (TPSA) is 62.7 Å². The summed E-state index contributed by atoms with van der Waals surface area (Å²) in [5, 5.41) is 9.14. The Balaban J connectivity index is 2.08. The van der Waals surface area contributed by atoms with Gasteiger partial charge in [0.25, 0.3) is 5.91 Å². The van der Waals surface area contributed by atoms with Crippen LogP contribution in [0.2, 0.25) is 0 Å². The van der Waals surface area contributed by atoms with Gasteiger partial charge in [-0.1, -0.05) is 13.3 Å². The molecule has 1 amide bonds. The molecule has 0 bridgehead atoms. The predicted octanol–water partition coefficient (Wildman–Crippen LogP) is 2.98. The van der Waals surface area contributed by atoms with E-state index in [0.29, 0.717) is 5.82 Å². The summed E-state index contributed by atoms with van der Waals surface area (Å²) in [6.45, 7) is 0.799. The summed E-state index contributed by atoms with van der Waals surface area (Å²) >= 11 is 0. The predicted molar refractivity (Wildman–Crippen MR) is 71.0 cm³/mol. The van der Waals surface area contributed by atoms with Crippen LogP contribution in [0.25, 0.3) is 0 Å². The second-order valence-corrected chi connectivity index (χ2v) is 4.62. The molecule has 2 aromatic heterocycles. The summed E-state index contributed by atoms with van der Waals surface area (Å²) in [6.07, 6.45) is -1.46. The first kappa shape index (κ1) is 15.1. The molecule has 2 rings (SSSR count). The minimum atomic E-state index is -4.38. The maximum absolute atomic E-state index is 12.4. The first-order chi connectivity index (χ1) is 9.89. The zero-order valence-corrected chi connectivity index (χ0v) is 11.4. The first-order valence-electron chi connectivity index (χ1n) is 6.46. The maximum atomic E-state index is 12.4. The Morgan fingerprint density at radius 1 is 1.48 bits per heavy atom. The number of halogens is 3. The molecule has 21 heavy (non-hydrogen) atoms. The van der Waals surface area contributed by atoms with Crippen LogP contribution < -0.4 is 5.32 Å². The molecule has 0 saturated heterocycles. The lowest BCUT2D eigenvalue weighted by atomic mass is 10.2. The monoisotopic (exact) mass is 300 g/mol. The van der Waals surface area contributed by atoms with E-state index in [9.17, 15) is 18.0 Å². The number of aromatic amines is 1. The van der Waals surface area contributed by atoms with E-state index in [1.54, 1.807) is 6.07 Å². The molecule has 0 aliphatic rings. The Kier molecular flexibility index (Phi) is 4.35. The standard InChI is InChI=1S/C13H15F3N4O/c1-2-4-9-7-11(19-18-9)17-12(21)10-5-3-6-20(10)8-13(14,15)16/h3,5-7H,2,4,8H2,1H3,(H2,17,18,19,21). The molecule has 0 atom stereocenters. The number of aryl methyl sites for hydroxylation is 1. The smallest absolute Gasteiger partial charge is 0.334 e. The molecule has 0 aromatic carbocycles. The number of hydrogen-bond acceptors (Lipinski definition) is 2. The third-order valence-corrected chi connectivity index (χ3v) is 2.80. The van der Waals surface area contributed by atoms with Crippen molar-refractivity contribution in [2.24, 2.45) is 0 Å². The Morgan fingerprint density at radius 2 is 2.24 bits per heavy atom. The molecule has 5 nitrogen and oxygen atoms in total. The number of hydrogen-bond donors (Lipinski definition) is 2. The summed E-state index contributed by atoms with van der Waals surface area (Å²) < 4.78 is 38.1. The average molecular weight is 300 g/mol. The van der Waals surface area contributed by atoms with E-state index in [1.165, 1.54) is 18.3 Å². The number of H-pyrrole nitrogens is 1. The molecule has 0 aliphatic heterocycles. The fraction of sp³-hybridized carbons (Fsp3) is 0.385. The summed E-state index contributed by atoms with van der Waals surface area (Å²) in [6, 6.07) is 4.40. The van der Waals surface area contributed by atoms with Gasteiger partial charge in [0.05, 0.1) is 0 Å². The third kappa shape index (κ3) is 4.11. The zero-order chi connectivity index (χ0) is 15.5. The average Bonchev–Trinajstić information content (AvgIpc) is 2.97. The Bertz CT molecular complexity index is 615. The molecule has 0 aliphatic carbocycles. The van der Waals surface area contributed by atoms with Gasteiger partial charge in [-0.15, -0.1) is 0 Å². The Labute approximate surface area is 119 Å². The highest BCUT2D eigenvalue weighted by molar-refractivity contribution is 6.02. The van der Waals surface area contributed by atoms with Crippen LogP contribution in [-0.2, 0) is 13.0 Å². The van der Waals surface area contributed by atoms with Gasteiger partial charge in [-0.25, -0.2) is 0 Å². The lowest BCUT2D eigenvalue weighted by Gasteiger charge is -2.11. The second kappa shape index (κ2) is 6.02. The molecule has 0 spiro atoms. The summed E-state index contributed by atoms with van der Waals surface area (Å²) in [5.41, 5.74) is 0.797. The van der Waals surface area contributed by atoms with Crippen LogP contribution in [0, 0.1) is 0 Å². The number of carbonyl (C=O) groups is 1. The number of alkyl halides is 3. The molecular weight excluding hydrogens is 285 g/mol. The van der Waals surface area contributed by atoms with E-state index in [1.807, 2.05) is 6.92 Å². The van der Waals surface area contributed by atoms with Gasteiger partial charge in [-0.3, -0.25) is 9.89 Å². The highest BCUT2D eigenvalue weighted by Crippen LogP contribution is 2.19. The van der Waals surface area contributed by atoms with E-state index < -0.39 is 18.6 Å². The maximum Gasteiger partial charge on any atom is 0.406 e. The highest BCUT2D eigenvalue weighted by atomic mass is 19.4. The van der Waals surface area contributed by atoms with Gasteiger partial charge in [0.15, 0.2) is 5.82 Å². The molecule has 0 radical (unpaired) electrons. The minimum absolute atomic E-state index is 0.0626. The highest BCUT2D eigenvalue weighted by Gasteiger charge is 2.29. The number of carbonyl (C=O) groups excluding carboxylic acids is 1. The van der Waals surface area contributed by atoms with E-state index in [4.69, 9.17) is 0 Å². The fourth-order valence-corrected chi connectivity index (χ4v) is 1.95. The van der Waals surface area contributed by atoms with Gasteiger partial charge in [0.2, 0.25) is 0 Å². The summed E-state index contributed by atoms with van der Waals surface area (Å²) in [5.74, 6) is -0.331. The lowest BCUT2D eigenvalue weighted by Crippen LogP contribution is -2.23. The van der Waals surface area contributed by atoms with Crippen molar-refractivity contribution in [3.8, 4) is 0 Å². The SMILES string of the molecule is CCCc1cc(NC(=O)c2cccn2CC(F)(F)F)n[nH]1. The Morgan fingerprint density at radius 3 is 2.90 bits per heavy atom. The minimum Gasteiger partial charge on any atom is -0.334 e. The number of anilines is 1. The first-order valence-corrected chi connectivity index (χ1v) is 6.46. The molecule has 2 heterocycles. The van der Waals surface area contributed by atoms with E-state index >= 15 is 0 Å². The van der Waals surface area contributed by atoms with Gasteiger partial charge >= 0.3 is 6.18 Å². The van der Waals surface area contributed by atoms with Crippen LogP contribution in [0.3, 0.4) is 0 Å². The van der Waals surface area contributed by atoms with Crippen molar-refractivity contribution in [2.45, 2.75) is 32.5 Å². The molecule has 2 N–H and O–H groups in total. The van der Waals surface area contributed by atoms with Crippen molar-refractivity contribution in [2.75, 3.05) is 5.32 Å². The van der Waals surface area contributed by atoms with Crippen LogP contribution in [-0.4, -0.2) is 26.8 Å². The second-order valence-electron chi connectivity index (χ2n) is 4.62. The van der Waals surface area contributed by atoms with Crippen LogP contribution in [0.4, 0.5) is 19.0 Å². The quantitative estimate of drug-likeness (QED) is 0.891. The summed E-state index contributed by atoms with van der Waals surface area (Å²) in [7, 11) is 0. The number of nitrogens with zero attached hydrogens (tertiary/aromatic N) is 2. The Hall–Kier alpha value is -2.25. The van der Waals surface area contributed by atoms with Crippen LogP contribution in [0.5, 0.6) is 0 Å². The molecular formula is C13H15F3N4O. The van der Waals surface area contributed by atoms with E-state index in [0.717, 1.165) is 23.1 Å².